The molecular weight excluding hydrogens is 260 g/mol. The number of benzene rings is 1. The average Bonchev–Trinajstić information content (AvgIpc) is 2.46. The van der Waals surface area contributed by atoms with Crippen molar-refractivity contribution in [3.05, 3.63) is 52.6 Å². The van der Waals surface area contributed by atoms with Crippen LogP contribution in [0.25, 0.3) is 0 Å². The summed E-state index contributed by atoms with van der Waals surface area (Å²) in [5.74, 6) is -0.178. The van der Waals surface area contributed by atoms with Crippen LogP contribution in [0, 0.1) is 10.1 Å². The zero-order valence-electron chi connectivity index (χ0n) is 11.2. The number of rotatable bonds is 9. The number of carbonyl (C=O) groups is 1. The molecule has 0 aliphatic carbocycles. The van der Waals surface area contributed by atoms with E-state index in [0.29, 0.717) is 19.8 Å². The van der Waals surface area contributed by atoms with Gasteiger partial charge in [0, 0.05) is 25.3 Å². The standard InChI is InChI=1S/C14H18N2O4/c1-2-14(17)15-8-3-4-9-20-11-12-6-5-7-13(10-12)16(18)19/h2,5-7,10H,1,3-4,8-9,11H2,(H,15,17). The van der Waals surface area contributed by atoms with Gasteiger partial charge in [0.05, 0.1) is 11.5 Å². The summed E-state index contributed by atoms with van der Waals surface area (Å²) in [5.41, 5.74) is 0.845. The van der Waals surface area contributed by atoms with Gasteiger partial charge < -0.3 is 10.1 Å². The molecular formula is C14H18N2O4. The minimum Gasteiger partial charge on any atom is -0.377 e. The molecule has 0 aromatic heterocycles. The van der Waals surface area contributed by atoms with E-state index in [-0.39, 0.29) is 11.6 Å². The van der Waals surface area contributed by atoms with Crippen molar-refractivity contribution in [1.82, 2.24) is 5.32 Å². The van der Waals surface area contributed by atoms with Crippen LogP contribution in [0.4, 0.5) is 5.69 Å². The summed E-state index contributed by atoms with van der Waals surface area (Å²) in [5, 5.41) is 13.3. The first-order valence-corrected chi connectivity index (χ1v) is 6.35. The topological polar surface area (TPSA) is 81.5 Å². The third-order valence-electron chi connectivity index (χ3n) is 2.59. The second-order valence-electron chi connectivity index (χ2n) is 4.18. The molecule has 1 aromatic rings. The third kappa shape index (κ3) is 6.10. The second-order valence-corrected chi connectivity index (χ2v) is 4.18. The van der Waals surface area contributed by atoms with Gasteiger partial charge in [0.2, 0.25) is 5.91 Å². The fraction of sp³-hybridized carbons (Fsp3) is 0.357. The number of hydrogen-bond acceptors (Lipinski definition) is 4. The molecule has 0 radical (unpaired) electrons. The van der Waals surface area contributed by atoms with Crippen molar-refractivity contribution in [2.45, 2.75) is 19.4 Å². The van der Waals surface area contributed by atoms with Gasteiger partial charge in [-0.1, -0.05) is 18.7 Å². The van der Waals surface area contributed by atoms with Crippen LogP contribution in [-0.4, -0.2) is 24.0 Å². The molecule has 6 nitrogen and oxygen atoms in total. The molecule has 0 spiro atoms. The van der Waals surface area contributed by atoms with E-state index in [1.165, 1.54) is 18.2 Å². The summed E-state index contributed by atoms with van der Waals surface area (Å²) in [6.45, 7) is 4.84. The van der Waals surface area contributed by atoms with Gasteiger partial charge in [-0.25, -0.2) is 0 Å². The molecule has 0 saturated heterocycles. The Bertz CT molecular complexity index is 474. The van der Waals surface area contributed by atoms with Crippen molar-refractivity contribution in [2.75, 3.05) is 13.2 Å². The van der Waals surface area contributed by atoms with Gasteiger partial charge in [-0.05, 0) is 24.5 Å². The van der Waals surface area contributed by atoms with Crippen LogP contribution in [-0.2, 0) is 16.1 Å². The zero-order chi connectivity index (χ0) is 14.8. The summed E-state index contributed by atoms with van der Waals surface area (Å²) >= 11 is 0. The summed E-state index contributed by atoms with van der Waals surface area (Å²) in [4.78, 5) is 21.0. The summed E-state index contributed by atoms with van der Waals surface area (Å²) < 4.78 is 5.43. The Hall–Kier alpha value is -2.21. The highest BCUT2D eigenvalue weighted by molar-refractivity contribution is 5.86. The zero-order valence-corrected chi connectivity index (χ0v) is 11.2. The molecule has 0 aliphatic rings. The molecule has 108 valence electrons. The lowest BCUT2D eigenvalue weighted by atomic mass is 10.2. The molecule has 0 saturated carbocycles. The molecule has 1 aromatic carbocycles. The van der Waals surface area contributed by atoms with E-state index in [1.54, 1.807) is 12.1 Å². The van der Waals surface area contributed by atoms with Gasteiger partial charge in [0.1, 0.15) is 0 Å². The molecule has 0 fully saturated rings. The monoisotopic (exact) mass is 278 g/mol. The predicted octanol–water partition coefficient (Wildman–Crippen LogP) is 2.19. The number of carbonyl (C=O) groups excluding carboxylic acids is 1. The predicted molar refractivity (Wildman–Crippen MR) is 75.2 cm³/mol. The van der Waals surface area contributed by atoms with Gasteiger partial charge >= 0.3 is 0 Å². The van der Waals surface area contributed by atoms with Crippen LogP contribution < -0.4 is 5.32 Å². The third-order valence-corrected chi connectivity index (χ3v) is 2.59. The van der Waals surface area contributed by atoms with Crippen molar-refractivity contribution in [3.8, 4) is 0 Å². The quantitative estimate of drug-likeness (QED) is 0.325. The number of nitrogens with one attached hydrogen (secondary N) is 1. The maximum atomic E-state index is 10.9. The van der Waals surface area contributed by atoms with E-state index >= 15 is 0 Å². The molecule has 20 heavy (non-hydrogen) atoms. The lowest BCUT2D eigenvalue weighted by molar-refractivity contribution is -0.384. The van der Waals surface area contributed by atoms with Gasteiger partial charge in [0.25, 0.3) is 5.69 Å². The lowest BCUT2D eigenvalue weighted by Gasteiger charge is -2.05. The Labute approximate surface area is 117 Å². The number of hydrogen-bond donors (Lipinski definition) is 1. The van der Waals surface area contributed by atoms with Crippen molar-refractivity contribution >= 4 is 11.6 Å². The van der Waals surface area contributed by atoms with Gasteiger partial charge in [-0.2, -0.15) is 0 Å². The van der Waals surface area contributed by atoms with Crippen LogP contribution >= 0.6 is 0 Å². The van der Waals surface area contributed by atoms with Crippen LogP contribution in [0.1, 0.15) is 18.4 Å². The largest absolute Gasteiger partial charge is 0.377 e. The minimum absolute atomic E-state index is 0.0678. The highest BCUT2D eigenvalue weighted by Gasteiger charge is 2.05. The summed E-state index contributed by atoms with van der Waals surface area (Å²) in [6.07, 6.45) is 2.86. The Morgan fingerprint density at radius 3 is 2.95 bits per heavy atom. The number of non-ortho nitro benzene ring substituents is 1. The van der Waals surface area contributed by atoms with Crippen molar-refractivity contribution < 1.29 is 14.5 Å². The number of nitrogens with zero attached hydrogens (tertiary/aromatic N) is 1. The number of nitro groups is 1. The molecule has 0 bridgehead atoms. The Morgan fingerprint density at radius 2 is 2.25 bits per heavy atom. The molecule has 6 heteroatoms. The smallest absolute Gasteiger partial charge is 0.269 e. The van der Waals surface area contributed by atoms with E-state index in [0.717, 1.165) is 18.4 Å². The molecule has 1 rings (SSSR count). The Morgan fingerprint density at radius 1 is 1.45 bits per heavy atom. The Kier molecular flexibility index (Phi) is 6.99. The van der Waals surface area contributed by atoms with Crippen molar-refractivity contribution in [3.63, 3.8) is 0 Å². The summed E-state index contributed by atoms with van der Waals surface area (Å²) in [6, 6.07) is 6.38. The number of amides is 1. The average molecular weight is 278 g/mol. The van der Waals surface area contributed by atoms with Crippen LogP contribution in [0.15, 0.2) is 36.9 Å². The number of ether oxygens (including phenoxy) is 1. The lowest BCUT2D eigenvalue weighted by Crippen LogP contribution is -2.22. The van der Waals surface area contributed by atoms with E-state index in [9.17, 15) is 14.9 Å². The first kappa shape index (κ1) is 15.8. The van der Waals surface area contributed by atoms with Crippen molar-refractivity contribution in [2.24, 2.45) is 0 Å². The van der Waals surface area contributed by atoms with E-state index in [2.05, 4.69) is 11.9 Å². The highest BCUT2D eigenvalue weighted by Crippen LogP contribution is 2.13. The number of unbranched alkanes of at least 4 members (excludes halogenated alkanes) is 1. The normalized spacial score (nSPS) is 10.0. The molecule has 1 amide bonds. The molecule has 1 N–H and O–H groups in total. The van der Waals surface area contributed by atoms with Gasteiger partial charge in [-0.15, -0.1) is 0 Å². The van der Waals surface area contributed by atoms with E-state index in [1.807, 2.05) is 0 Å². The van der Waals surface area contributed by atoms with Crippen LogP contribution in [0.2, 0.25) is 0 Å². The van der Waals surface area contributed by atoms with Crippen LogP contribution in [0.3, 0.4) is 0 Å². The first-order valence-electron chi connectivity index (χ1n) is 6.35. The second kappa shape index (κ2) is 8.82. The fourth-order valence-corrected chi connectivity index (χ4v) is 1.56. The fourth-order valence-electron chi connectivity index (χ4n) is 1.56. The maximum absolute atomic E-state index is 10.9. The van der Waals surface area contributed by atoms with Crippen molar-refractivity contribution in [1.29, 1.82) is 0 Å². The molecule has 0 aliphatic heterocycles. The summed E-state index contributed by atoms with van der Waals surface area (Å²) in [7, 11) is 0. The molecule has 0 unspecified atom stereocenters. The molecule has 0 atom stereocenters. The minimum atomic E-state index is -0.425. The van der Waals surface area contributed by atoms with E-state index < -0.39 is 4.92 Å². The van der Waals surface area contributed by atoms with E-state index in [4.69, 9.17) is 4.74 Å². The maximum Gasteiger partial charge on any atom is 0.269 e. The van der Waals surface area contributed by atoms with Crippen LogP contribution in [0.5, 0.6) is 0 Å². The van der Waals surface area contributed by atoms with Gasteiger partial charge in [0.15, 0.2) is 0 Å². The number of nitro benzene ring substituents is 1. The highest BCUT2D eigenvalue weighted by atomic mass is 16.6. The first-order chi connectivity index (χ1) is 9.63. The SMILES string of the molecule is C=CC(=O)NCCCCOCc1cccc([N+](=O)[O-])c1. The van der Waals surface area contributed by atoms with Gasteiger partial charge in [-0.3, -0.25) is 14.9 Å². The molecule has 0 heterocycles. The Balaban J connectivity index is 2.15.